The number of hydrogen-bond acceptors (Lipinski definition) is 3. The van der Waals surface area contributed by atoms with Crippen molar-refractivity contribution in [3.05, 3.63) is 0 Å². The molecule has 106 valence electrons. The molecule has 0 atom stereocenters. The highest BCUT2D eigenvalue weighted by molar-refractivity contribution is 5.80. The van der Waals surface area contributed by atoms with Gasteiger partial charge in [-0.1, -0.05) is 34.1 Å². The Morgan fingerprint density at radius 2 is 1.33 bits per heavy atom. The Bertz CT molecular complexity index is 218. The SMILES string of the molecule is CC(C)C(=O)CCCCCOCCC(=O)C(C)C. The van der Waals surface area contributed by atoms with Crippen molar-refractivity contribution >= 4 is 11.6 Å². The van der Waals surface area contributed by atoms with E-state index in [9.17, 15) is 9.59 Å². The third-order valence-electron chi connectivity index (χ3n) is 2.99. The smallest absolute Gasteiger partial charge is 0.137 e. The third-order valence-corrected chi connectivity index (χ3v) is 2.99. The summed E-state index contributed by atoms with van der Waals surface area (Å²) >= 11 is 0. The monoisotopic (exact) mass is 256 g/mol. The lowest BCUT2D eigenvalue weighted by Crippen LogP contribution is -2.10. The maximum Gasteiger partial charge on any atom is 0.137 e. The predicted molar refractivity (Wildman–Crippen MR) is 73.6 cm³/mol. The van der Waals surface area contributed by atoms with Gasteiger partial charge < -0.3 is 4.74 Å². The molecule has 0 aliphatic carbocycles. The average molecular weight is 256 g/mol. The van der Waals surface area contributed by atoms with Crippen LogP contribution >= 0.6 is 0 Å². The van der Waals surface area contributed by atoms with Crippen LogP contribution < -0.4 is 0 Å². The maximum atomic E-state index is 11.3. The second kappa shape index (κ2) is 10.2. The van der Waals surface area contributed by atoms with E-state index in [0.29, 0.717) is 31.8 Å². The van der Waals surface area contributed by atoms with Gasteiger partial charge >= 0.3 is 0 Å². The van der Waals surface area contributed by atoms with Gasteiger partial charge in [-0.15, -0.1) is 0 Å². The largest absolute Gasteiger partial charge is 0.381 e. The molecule has 0 spiro atoms. The molecule has 0 fully saturated rings. The highest BCUT2D eigenvalue weighted by Gasteiger charge is 2.07. The first-order valence-corrected chi connectivity index (χ1v) is 7.08. The molecule has 0 aliphatic rings. The van der Waals surface area contributed by atoms with Gasteiger partial charge in [0.05, 0.1) is 6.61 Å². The molecular weight excluding hydrogens is 228 g/mol. The van der Waals surface area contributed by atoms with Crippen molar-refractivity contribution in [3.8, 4) is 0 Å². The Hall–Kier alpha value is -0.700. The molecule has 3 heteroatoms. The molecule has 0 saturated heterocycles. The van der Waals surface area contributed by atoms with Crippen LogP contribution in [0, 0.1) is 11.8 Å². The molecule has 0 unspecified atom stereocenters. The van der Waals surface area contributed by atoms with Crippen LogP contribution in [-0.4, -0.2) is 24.8 Å². The number of Topliss-reactive ketones (excluding diaryl/α,β-unsaturated/α-hetero) is 2. The highest BCUT2D eigenvalue weighted by atomic mass is 16.5. The summed E-state index contributed by atoms with van der Waals surface area (Å²) in [5.41, 5.74) is 0. The first-order valence-electron chi connectivity index (χ1n) is 7.08. The molecule has 0 aromatic carbocycles. The molecule has 0 aromatic heterocycles. The van der Waals surface area contributed by atoms with Crippen molar-refractivity contribution in [1.82, 2.24) is 0 Å². The highest BCUT2D eigenvalue weighted by Crippen LogP contribution is 2.06. The fourth-order valence-corrected chi connectivity index (χ4v) is 1.53. The number of rotatable bonds is 11. The Balaban J connectivity index is 3.27. The molecule has 0 rings (SSSR count). The van der Waals surface area contributed by atoms with Gasteiger partial charge in [-0.3, -0.25) is 9.59 Å². The summed E-state index contributed by atoms with van der Waals surface area (Å²) in [6, 6.07) is 0. The number of carbonyl (C=O) groups is 2. The molecule has 0 amide bonds. The van der Waals surface area contributed by atoms with Gasteiger partial charge in [0, 0.05) is 31.3 Å². The lowest BCUT2D eigenvalue weighted by Gasteiger charge is -2.06. The average Bonchev–Trinajstić information content (AvgIpc) is 2.31. The van der Waals surface area contributed by atoms with E-state index >= 15 is 0 Å². The van der Waals surface area contributed by atoms with Gasteiger partial charge in [-0.05, 0) is 12.8 Å². The Labute approximate surface area is 111 Å². The van der Waals surface area contributed by atoms with E-state index in [1.54, 1.807) is 0 Å². The van der Waals surface area contributed by atoms with E-state index in [-0.39, 0.29) is 17.6 Å². The van der Waals surface area contributed by atoms with Crippen LogP contribution in [0.1, 0.15) is 59.8 Å². The van der Waals surface area contributed by atoms with Crippen molar-refractivity contribution in [2.75, 3.05) is 13.2 Å². The van der Waals surface area contributed by atoms with E-state index in [1.807, 2.05) is 27.7 Å². The van der Waals surface area contributed by atoms with Crippen molar-refractivity contribution in [3.63, 3.8) is 0 Å². The van der Waals surface area contributed by atoms with Gasteiger partial charge in [0.15, 0.2) is 0 Å². The summed E-state index contributed by atoms with van der Waals surface area (Å²) in [7, 11) is 0. The zero-order valence-electron chi connectivity index (χ0n) is 12.3. The standard InChI is InChI=1S/C15H28O3/c1-12(2)14(16)8-6-5-7-10-18-11-9-15(17)13(3)4/h12-13H,5-11H2,1-4H3. The Kier molecular flexibility index (Phi) is 9.85. The van der Waals surface area contributed by atoms with Crippen molar-refractivity contribution < 1.29 is 14.3 Å². The predicted octanol–water partition coefficient (Wildman–Crippen LogP) is 3.40. The minimum absolute atomic E-state index is 0.107. The van der Waals surface area contributed by atoms with Gasteiger partial charge in [0.25, 0.3) is 0 Å². The third kappa shape index (κ3) is 9.34. The van der Waals surface area contributed by atoms with Crippen LogP contribution in [0.2, 0.25) is 0 Å². The van der Waals surface area contributed by atoms with E-state index in [2.05, 4.69) is 0 Å². The first-order chi connectivity index (χ1) is 8.45. The second-order valence-electron chi connectivity index (χ2n) is 5.42. The van der Waals surface area contributed by atoms with E-state index in [0.717, 1.165) is 19.3 Å². The topological polar surface area (TPSA) is 43.4 Å². The number of carbonyl (C=O) groups excluding carboxylic acids is 2. The molecule has 18 heavy (non-hydrogen) atoms. The fraction of sp³-hybridized carbons (Fsp3) is 0.867. The molecule has 0 bridgehead atoms. The van der Waals surface area contributed by atoms with E-state index in [4.69, 9.17) is 4.74 Å². The molecule has 0 heterocycles. The van der Waals surface area contributed by atoms with Gasteiger partial charge in [-0.25, -0.2) is 0 Å². The van der Waals surface area contributed by atoms with Crippen LogP contribution in [0.25, 0.3) is 0 Å². The van der Waals surface area contributed by atoms with Gasteiger partial charge in [0.1, 0.15) is 11.6 Å². The quantitative estimate of drug-likeness (QED) is 0.532. The normalized spacial score (nSPS) is 11.2. The van der Waals surface area contributed by atoms with Crippen LogP contribution in [0.5, 0.6) is 0 Å². The zero-order valence-corrected chi connectivity index (χ0v) is 12.3. The van der Waals surface area contributed by atoms with Crippen molar-refractivity contribution in [1.29, 1.82) is 0 Å². The Morgan fingerprint density at radius 1 is 0.778 bits per heavy atom. The molecule has 0 aliphatic heterocycles. The summed E-state index contributed by atoms with van der Waals surface area (Å²) in [5.74, 6) is 0.870. The van der Waals surface area contributed by atoms with Crippen LogP contribution in [0.3, 0.4) is 0 Å². The number of unbranched alkanes of at least 4 members (excludes halogenated alkanes) is 2. The summed E-state index contributed by atoms with van der Waals surface area (Å²) in [5, 5.41) is 0. The fourth-order valence-electron chi connectivity index (χ4n) is 1.53. The van der Waals surface area contributed by atoms with Crippen LogP contribution in [0.15, 0.2) is 0 Å². The summed E-state index contributed by atoms with van der Waals surface area (Å²) in [6.45, 7) is 8.93. The van der Waals surface area contributed by atoms with Gasteiger partial charge in [0.2, 0.25) is 0 Å². The van der Waals surface area contributed by atoms with E-state index < -0.39 is 0 Å². The molecule has 3 nitrogen and oxygen atoms in total. The number of ether oxygens (including phenoxy) is 1. The minimum Gasteiger partial charge on any atom is -0.381 e. The summed E-state index contributed by atoms with van der Waals surface area (Å²) in [6.07, 6.45) is 4.15. The molecule has 0 aromatic rings. The van der Waals surface area contributed by atoms with Gasteiger partial charge in [-0.2, -0.15) is 0 Å². The number of ketones is 2. The number of hydrogen-bond donors (Lipinski definition) is 0. The second-order valence-corrected chi connectivity index (χ2v) is 5.42. The molecule has 0 radical (unpaired) electrons. The molecule has 0 saturated carbocycles. The first kappa shape index (κ1) is 17.3. The summed E-state index contributed by atoms with van der Waals surface area (Å²) in [4.78, 5) is 22.6. The molecular formula is C15H28O3. The summed E-state index contributed by atoms with van der Waals surface area (Å²) < 4.78 is 5.40. The van der Waals surface area contributed by atoms with Crippen molar-refractivity contribution in [2.24, 2.45) is 11.8 Å². The van der Waals surface area contributed by atoms with E-state index in [1.165, 1.54) is 0 Å². The van der Waals surface area contributed by atoms with Crippen molar-refractivity contribution in [2.45, 2.75) is 59.8 Å². The lowest BCUT2D eigenvalue weighted by atomic mass is 10.0. The van der Waals surface area contributed by atoms with Crippen LogP contribution in [0.4, 0.5) is 0 Å². The maximum absolute atomic E-state index is 11.3. The molecule has 0 N–H and O–H groups in total. The minimum atomic E-state index is 0.107. The Morgan fingerprint density at radius 3 is 1.89 bits per heavy atom. The lowest BCUT2D eigenvalue weighted by molar-refractivity contribution is -0.123. The van der Waals surface area contributed by atoms with Crippen LogP contribution in [-0.2, 0) is 14.3 Å². The zero-order chi connectivity index (χ0) is 14.0.